The second-order valence-electron chi connectivity index (χ2n) is 13.3. The van der Waals surface area contributed by atoms with Crippen molar-refractivity contribution < 1.29 is 93.1 Å². The van der Waals surface area contributed by atoms with Gasteiger partial charge in [-0.05, 0) is 71.3 Å². The molecule has 19 nitrogen and oxygen atoms in total. The molecule has 2 aliphatic rings. The second-order valence-corrected chi connectivity index (χ2v) is 13.3. The molecule has 0 aliphatic carbocycles. The highest BCUT2D eigenvalue weighted by Crippen LogP contribution is 2.39. The second kappa shape index (κ2) is 20.3. The zero-order chi connectivity index (χ0) is 43.6. The molecule has 0 bridgehead atoms. The minimum Gasteiger partial charge on any atom is -0.508 e. The first-order valence-electron chi connectivity index (χ1n) is 18.1. The minimum absolute atomic E-state index is 0.0360. The van der Waals surface area contributed by atoms with E-state index < -0.39 is 92.5 Å². The molecule has 2 heterocycles. The van der Waals surface area contributed by atoms with Crippen LogP contribution in [0.5, 0.6) is 28.7 Å². The Morgan fingerprint density at radius 2 is 1.20 bits per heavy atom. The normalized spacial score (nSPS) is 26.6. The van der Waals surface area contributed by atoms with E-state index in [1.165, 1.54) is 93.1 Å². The molecule has 0 radical (unpaired) electrons. The van der Waals surface area contributed by atoms with Crippen molar-refractivity contribution in [1.82, 2.24) is 0 Å². The van der Waals surface area contributed by atoms with E-state index in [4.69, 9.17) is 37.9 Å². The standard InChI is InChI=1S/C41H44O19/c1-53-28-17-23(5-12-26(28)44)8-14-32(46)55-20-31-36(50)39(58-34(48)16-7-22-3-10-25(43)11-4-22)41(59-31,60-40-38(52)37(51)35(49)30(19-42)57-40)21-56-33(47)15-9-24-6-13-27(45)29(18-24)54-2/h3-18,30-31,35-40,42-45,49-52H,19-21H2,1-2H3/b14-8+,15-9+,16-7+/t30-,31-,35-,36-,37+,38-,39+,40-,41+/m1/s1. The summed E-state index contributed by atoms with van der Waals surface area (Å²) in [5.41, 5.74) is 1.29. The maximum atomic E-state index is 13.3. The van der Waals surface area contributed by atoms with Crippen molar-refractivity contribution in [3.63, 3.8) is 0 Å². The maximum Gasteiger partial charge on any atom is 0.331 e. The first-order chi connectivity index (χ1) is 28.7. The van der Waals surface area contributed by atoms with Gasteiger partial charge in [0, 0.05) is 18.2 Å². The van der Waals surface area contributed by atoms with Crippen molar-refractivity contribution in [2.24, 2.45) is 0 Å². The summed E-state index contributed by atoms with van der Waals surface area (Å²) >= 11 is 0. The fourth-order valence-corrected chi connectivity index (χ4v) is 6.02. The average molecular weight is 841 g/mol. The van der Waals surface area contributed by atoms with Crippen LogP contribution >= 0.6 is 0 Å². The van der Waals surface area contributed by atoms with E-state index >= 15 is 0 Å². The Bertz CT molecular complexity index is 2050. The molecular weight excluding hydrogens is 796 g/mol. The molecule has 60 heavy (non-hydrogen) atoms. The van der Waals surface area contributed by atoms with Gasteiger partial charge in [0.2, 0.25) is 5.79 Å². The lowest BCUT2D eigenvalue weighted by atomic mass is 9.99. The number of carbonyl (C=O) groups excluding carboxylic acids is 3. The fraction of sp³-hybridized carbons (Fsp3) is 0.341. The summed E-state index contributed by atoms with van der Waals surface area (Å²) in [6.45, 7) is -2.64. The smallest absolute Gasteiger partial charge is 0.331 e. The summed E-state index contributed by atoms with van der Waals surface area (Å²) in [5.74, 6) is -5.83. The van der Waals surface area contributed by atoms with Gasteiger partial charge in [0.05, 0.1) is 20.8 Å². The maximum absolute atomic E-state index is 13.3. The number of rotatable bonds is 16. The Morgan fingerprint density at radius 1 is 0.667 bits per heavy atom. The number of aliphatic hydroxyl groups is 5. The molecule has 9 atom stereocenters. The first-order valence-corrected chi connectivity index (χ1v) is 18.1. The van der Waals surface area contributed by atoms with Crippen LogP contribution in [0.2, 0.25) is 0 Å². The molecule has 8 N–H and O–H groups in total. The summed E-state index contributed by atoms with van der Waals surface area (Å²) in [4.78, 5) is 39.3. The van der Waals surface area contributed by atoms with Crippen molar-refractivity contribution in [3.8, 4) is 28.7 Å². The number of esters is 3. The molecule has 0 unspecified atom stereocenters. The summed E-state index contributed by atoms with van der Waals surface area (Å²) in [6.07, 6.45) is -8.00. The lowest BCUT2D eigenvalue weighted by Gasteiger charge is -2.43. The average Bonchev–Trinajstić information content (AvgIpc) is 3.50. The molecule has 3 aromatic carbocycles. The predicted octanol–water partition coefficient (Wildman–Crippen LogP) is 0.531. The highest BCUT2D eigenvalue weighted by molar-refractivity contribution is 5.88. The van der Waals surface area contributed by atoms with Crippen LogP contribution < -0.4 is 9.47 Å². The molecule has 3 aromatic rings. The Balaban J connectivity index is 1.45. The van der Waals surface area contributed by atoms with Crippen LogP contribution in [0.4, 0.5) is 0 Å². The van der Waals surface area contributed by atoms with Gasteiger partial charge >= 0.3 is 17.9 Å². The summed E-state index contributed by atoms with van der Waals surface area (Å²) < 4.78 is 44.1. The molecule has 322 valence electrons. The highest BCUT2D eigenvalue weighted by atomic mass is 16.8. The number of aliphatic hydroxyl groups excluding tert-OH is 5. The van der Waals surface area contributed by atoms with Gasteiger partial charge in [-0.2, -0.15) is 0 Å². The zero-order valence-corrected chi connectivity index (χ0v) is 32.0. The SMILES string of the molecule is COc1cc(/C=C/C(=O)OC[C@H]2O[C@@](COC(=O)/C=C/c3ccc(O)c(OC)c3)(O[C@H]3O[C@H](CO)[C@@H](O)[C@H](O)[C@H]3O)[C@@H](OC(=O)/C=C/c3ccc(O)cc3)[C@@H]2O)ccc1O. The molecule has 2 saturated heterocycles. The van der Waals surface area contributed by atoms with E-state index in [0.717, 1.165) is 18.2 Å². The van der Waals surface area contributed by atoms with E-state index in [-0.39, 0.29) is 28.7 Å². The largest absolute Gasteiger partial charge is 0.508 e. The highest BCUT2D eigenvalue weighted by Gasteiger charge is 2.62. The summed E-state index contributed by atoms with van der Waals surface area (Å²) in [7, 11) is 2.67. The number of phenols is 3. The van der Waals surface area contributed by atoms with Gasteiger partial charge in [0.15, 0.2) is 35.4 Å². The number of methoxy groups -OCH3 is 2. The van der Waals surface area contributed by atoms with E-state index in [9.17, 15) is 55.2 Å². The van der Waals surface area contributed by atoms with Gasteiger partial charge in [-0.3, -0.25) is 0 Å². The van der Waals surface area contributed by atoms with Crippen molar-refractivity contribution in [3.05, 3.63) is 95.6 Å². The van der Waals surface area contributed by atoms with Gasteiger partial charge < -0.3 is 78.7 Å². The monoisotopic (exact) mass is 840 g/mol. The van der Waals surface area contributed by atoms with Gasteiger partial charge in [0.1, 0.15) is 55.6 Å². The minimum atomic E-state index is -2.63. The number of aromatic hydroxyl groups is 3. The number of hydrogen-bond donors (Lipinski definition) is 8. The van der Waals surface area contributed by atoms with Crippen molar-refractivity contribution in [2.45, 2.75) is 54.8 Å². The Hall–Kier alpha value is -6.03. The number of phenolic OH excluding ortho intramolecular Hbond substituents is 3. The predicted molar refractivity (Wildman–Crippen MR) is 205 cm³/mol. The lowest BCUT2D eigenvalue weighted by Crippen LogP contribution is -2.63. The van der Waals surface area contributed by atoms with Gasteiger partial charge in [0.25, 0.3) is 0 Å². The van der Waals surface area contributed by atoms with Crippen LogP contribution in [0.1, 0.15) is 16.7 Å². The van der Waals surface area contributed by atoms with Crippen LogP contribution in [0, 0.1) is 0 Å². The molecule has 19 heteroatoms. The molecule has 5 rings (SSSR count). The molecule has 0 saturated carbocycles. The topological polar surface area (TPSA) is 287 Å². The summed E-state index contributed by atoms with van der Waals surface area (Å²) in [5, 5.41) is 82.7. The molecule has 0 amide bonds. The van der Waals surface area contributed by atoms with E-state index in [0.29, 0.717) is 16.7 Å². The number of ether oxygens (including phenoxy) is 8. The van der Waals surface area contributed by atoms with Crippen LogP contribution in [0.25, 0.3) is 18.2 Å². The van der Waals surface area contributed by atoms with E-state index in [1.807, 2.05) is 0 Å². The van der Waals surface area contributed by atoms with Crippen molar-refractivity contribution in [2.75, 3.05) is 34.0 Å². The molecular formula is C41H44O19. The zero-order valence-electron chi connectivity index (χ0n) is 32.0. The van der Waals surface area contributed by atoms with Crippen molar-refractivity contribution in [1.29, 1.82) is 0 Å². The van der Waals surface area contributed by atoms with Crippen LogP contribution in [0.15, 0.2) is 78.9 Å². The third-order valence-corrected chi connectivity index (χ3v) is 9.22. The fourth-order valence-electron chi connectivity index (χ4n) is 6.02. The quantitative estimate of drug-likeness (QED) is 0.0555. The van der Waals surface area contributed by atoms with Crippen LogP contribution in [-0.4, -0.2) is 148 Å². The molecule has 2 fully saturated rings. The summed E-state index contributed by atoms with van der Waals surface area (Å²) in [6, 6.07) is 14.2. The Labute approximate surface area is 342 Å². The lowest BCUT2D eigenvalue weighted by molar-refractivity contribution is -0.383. The number of benzene rings is 3. The third-order valence-electron chi connectivity index (χ3n) is 9.22. The first kappa shape index (κ1) is 45.1. The van der Waals surface area contributed by atoms with Crippen LogP contribution in [-0.2, 0) is 42.8 Å². The third kappa shape index (κ3) is 11.2. The Kier molecular flexibility index (Phi) is 15.2. The molecule has 2 aliphatic heterocycles. The van der Waals surface area contributed by atoms with Gasteiger partial charge in [-0.25, -0.2) is 14.4 Å². The number of carbonyl (C=O) groups is 3. The van der Waals surface area contributed by atoms with Crippen molar-refractivity contribution >= 4 is 36.1 Å². The molecule has 0 aromatic heterocycles. The van der Waals surface area contributed by atoms with Gasteiger partial charge in [-0.1, -0.05) is 24.3 Å². The number of hydrogen-bond acceptors (Lipinski definition) is 19. The van der Waals surface area contributed by atoms with Gasteiger partial charge in [-0.15, -0.1) is 0 Å². The van der Waals surface area contributed by atoms with Crippen LogP contribution in [0.3, 0.4) is 0 Å². The van der Waals surface area contributed by atoms with E-state index in [2.05, 4.69) is 0 Å². The van der Waals surface area contributed by atoms with E-state index in [1.54, 1.807) is 0 Å². The Morgan fingerprint density at radius 3 is 1.77 bits per heavy atom. The molecule has 0 spiro atoms.